The van der Waals surface area contributed by atoms with Crippen molar-refractivity contribution in [2.24, 2.45) is 7.05 Å². The van der Waals surface area contributed by atoms with Gasteiger partial charge in [0.05, 0.1) is 29.5 Å². The summed E-state index contributed by atoms with van der Waals surface area (Å²) >= 11 is 0. The van der Waals surface area contributed by atoms with Crippen LogP contribution >= 0.6 is 0 Å². The van der Waals surface area contributed by atoms with Crippen LogP contribution in [-0.2, 0) is 13.6 Å². The molecule has 0 saturated heterocycles. The molecule has 0 aliphatic heterocycles. The molecule has 0 saturated carbocycles. The van der Waals surface area contributed by atoms with Crippen molar-refractivity contribution in [2.75, 3.05) is 0 Å². The minimum Gasteiger partial charge on any atom is -0.478 e. The first-order valence-electron chi connectivity index (χ1n) is 5.66. The maximum Gasteiger partial charge on any atom is 0.335 e. The third-order valence-electron chi connectivity index (χ3n) is 2.83. The van der Waals surface area contributed by atoms with Crippen molar-refractivity contribution in [1.82, 2.24) is 24.3 Å². The number of hydrogen-bond donors (Lipinski definition) is 1. The molecule has 0 aliphatic carbocycles. The van der Waals surface area contributed by atoms with E-state index in [1.807, 2.05) is 4.57 Å². The number of carbonyl (C=O) groups is 1. The first-order valence-corrected chi connectivity index (χ1v) is 5.66. The Hall–Kier alpha value is -2.70. The molecule has 19 heavy (non-hydrogen) atoms. The lowest BCUT2D eigenvalue weighted by Gasteiger charge is -2.01. The molecule has 0 atom stereocenters. The number of carboxylic acids is 1. The van der Waals surface area contributed by atoms with Gasteiger partial charge in [-0.25, -0.2) is 14.8 Å². The largest absolute Gasteiger partial charge is 0.478 e. The van der Waals surface area contributed by atoms with Gasteiger partial charge in [0.15, 0.2) is 5.82 Å². The molecule has 3 aromatic rings. The number of aromatic nitrogens is 5. The third-order valence-corrected chi connectivity index (χ3v) is 2.83. The van der Waals surface area contributed by atoms with E-state index in [0.717, 1.165) is 11.0 Å². The second-order valence-corrected chi connectivity index (χ2v) is 4.22. The van der Waals surface area contributed by atoms with Crippen LogP contribution in [0.2, 0.25) is 0 Å². The Morgan fingerprint density at radius 2 is 2.16 bits per heavy atom. The zero-order valence-corrected chi connectivity index (χ0v) is 10.2. The fourth-order valence-corrected chi connectivity index (χ4v) is 1.92. The highest BCUT2D eigenvalue weighted by Crippen LogP contribution is 2.16. The van der Waals surface area contributed by atoms with Crippen molar-refractivity contribution in [1.29, 1.82) is 0 Å². The number of aromatic carboxylic acids is 1. The van der Waals surface area contributed by atoms with Gasteiger partial charge in [-0.15, -0.1) is 0 Å². The van der Waals surface area contributed by atoms with E-state index in [2.05, 4.69) is 15.1 Å². The molecule has 7 nitrogen and oxygen atoms in total. The average molecular weight is 257 g/mol. The number of nitrogens with zero attached hydrogens (tertiary/aromatic N) is 5. The van der Waals surface area contributed by atoms with E-state index in [0.29, 0.717) is 12.4 Å². The van der Waals surface area contributed by atoms with Crippen LogP contribution < -0.4 is 0 Å². The Morgan fingerprint density at radius 3 is 2.84 bits per heavy atom. The molecule has 2 heterocycles. The van der Waals surface area contributed by atoms with Crippen molar-refractivity contribution in [3.8, 4) is 0 Å². The molecule has 0 bridgehead atoms. The monoisotopic (exact) mass is 257 g/mol. The number of benzene rings is 1. The lowest BCUT2D eigenvalue weighted by atomic mass is 10.2. The van der Waals surface area contributed by atoms with Gasteiger partial charge in [-0.3, -0.25) is 4.68 Å². The van der Waals surface area contributed by atoms with Crippen LogP contribution in [0.5, 0.6) is 0 Å². The van der Waals surface area contributed by atoms with E-state index in [9.17, 15) is 4.79 Å². The second-order valence-electron chi connectivity index (χ2n) is 4.22. The van der Waals surface area contributed by atoms with E-state index < -0.39 is 5.97 Å². The fraction of sp³-hybridized carbons (Fsp3) is 0.167. The minimum atomic E-state index is -0.953. The standard InChI is InChI=1S/C12H11N5O2/c1-16-6-14-11(15-16)5-17-7-13-9-3-2-8(12(18)19)4-10(9)17/h2-4,6-7H,5H2,1H3,(H,18,19). The number of hydrogen-bond acceptors (Lipinski definition) is 4. The number of fused-ring (bicyclic) bond motifs is 1. The smallest absolute Gasteiger partial charge is 0.335 e. The molecule has 96 valence electrons. The SMILES string of the molecule is Cn1cnc(Cn2cnc3ccc(C(=O)O)cc32)n1. The molecule has 2 aromatic heterocycles. The first kappa shape index (κ1) is 11.4. The van der Waals surface area contributed by atoms with Crippen LogP contribution in [0.15, 0.2) is 30.9 Å². The third kappa shape index (κ3) is 2.05. The van der Waals surface area contributed by atoms with E-state index >= 15 is 0 Å². The predicted molar refractivity (Wildman–Crippen MR) is 66.8 cm³/mol. The average Bonchev–Trinajstić information content (AvgIpc) is 2.96. The first-order chi connectivity index (χ1) is 9.13. The summed E-state index contributed by atoms with van der Waals surface area (Å²) in [6, 6.07) is 4.84. The van der Waals surface area contributed by atoms with E-state index in [-0.39, 0.29) is 5.56 Å². The summed E-state index contributed by atoms with van der Waals surface area (Å²) < 4.78 is 3.45. The maximum atomic E-state index is 11.0. The molecular weight excluding hydrogens is 246 g/mol. The van der Waals surface area contributed by atoms with Gasteiger partial charge < -0.3 is 9.67 Å². The molecule has 1 aromatic carbocycles. The zero-order valence-electron chi connectivity index (χ0n) is 10.2. The summed E-state index contributed by atoms with van der Waals surface area (Å²) in [7, 11) is 1.80. The highest BCUT2D eigenvalue weighted by molar-refractivity contribution is 5.92. The topological polar surface area (TPSA) is 85.8 Å². The number of carboxylic acid groups (broad SMARTS) is 1. The minimum absolute atomic E-state index is 0.239. The Bertz CT molecular complexity index is 758. The van der Waals surface area contributed by atoms with Crippen molar-refractivity contribution in [3.05, 3.63) is 42.2 Å². The zero-order chi connectivity index (χ0) is 13.4. The van der Waals surface area contributed by atoms with Crippen LogP contribution in [0.25, 0.3) is 11.0 Å². The van der Waals surface area contributed by atoms with Crippen molar-refractivity contribution in [3.63, 3.8) is 0 Å². The number of rotatable bonds is 3. The fourth-order valence-electron chi connectivity index (χ4n) is 1.92. The summed E-state index contributed by atoms with van der Waals surface area (Å²) in [4.78, 5) is 19.4. The Labute approximate surface area is 108 Å². The normalized spacial score (nSPS) is 11.0. The molecule has 0 aliphatic rings. The van der Waals surface area contributed by atoms with Gasteiger partial charge in [0.1, 0.15) is 6.33 Å². The summed E-state index contributed by atoms with van der Waals surface area (Å²) in [5.41, 5.74) is 1.75. The maximum absolute atomic E-state index is 11.0. The van der Waals surface area contributed by atoms with E-state index in [1.54, 1.807) is 42.6 Å². The van der Waals surface area contributed by atoms with Crippen LogP contribution in [0.3, 0.4) is 0 Å². The lowest BCUT2D eigenvalue weighted by molar-refractivity contribution is 0.0697. The molecule has 0 amide bonds. The molecule has 0 fully saturated rings. The number of imidazole rings is 1. The van der Waals surface area contributed by atoms with Gasteiger partial charge in [-0.05, 0) is 18.2 Å². The van der Waals surface area contributed by atoms with Crippen LogP contribution in [0.1, 0.15) is 16.2 Å². The molecule has 0 spiro atoms. The van der Waals surface area contributed by atoms with Gasteiger partial charge in [-0.1, -0.05) is 0 Å². The highest BCUT2D eigenvalue weighted by Gasteiger charge is 2.09. The molecule has 3 rings (SSSR count). The summed E-state index contributed by atoms with van der Waals surface area (Å²) in [5, 5.41) is 13.2. The van der Waals surface area contributed by atoms with E-state index in [4.69, 9.17) is 5.11 Å². The van der Waals surface area contributed by atoms with Crippen LogP contribution in [0.4, 0.5) is 0 Å². The summed E-state index contributed by atoms with van der Waals surface area (Å²) in [5.74, 6) is -0.298. The van der Waals surface area contributed by atoms with Gasteiger partial charge in [0, 0.05) is 7.05 Å². The van der Waals surface area contributed by atoms with Crippen LogP contribution in [-0.4, -0.2) is 35.4 Å². The van der Waals surface area contributed by atoms with Crippen LogP contribution in [0, 0.1) is 0 Å². The van der Waals surface area contributed by atoms with Gasteiger partial charge in [0.25, 0.3) is 0 Å². The van der Waals surface area contributed by atoms with Crippen molar-refractivity contribution < 1.29 is 9.90 Å². The highest BCUT2D eigenvalue weighted by atomic mass is 16.4. The molecule has 1 N–H and O–H groups in total. The van der Waals surface area contributed by atoms with E-state index in [1.165, 1.54) is 0 Å². The van der Waals surface area contributed by atoms with Gasteiger partial charge >= 0.3 is 5.97 Å². The quantitative estimate of drug-likeness (QED) is 0.753. The van der Waals surface area contributed by atoms with Gasteiger partial charge in [-0.2, -0.15) is 5.10 Å². The Balaban J connectivity index is 2.03. The van der Waals surface area contributed by atoms with Crippen molar-refractivity contribution >= 4 is 17.0 Å². The lowest BCUT2D eigenvalue weighted by Crippen LogP contribution is -2.02. The Kier molecular flexibility index (Phi) is 2.52. The number of aryl methyl sites for hydroxylation is 1. The summed E-state index contributed by atoms with van der Waals surface area (Å²) in [6.45, 7) is 0.459. The molecule has 0 radical (unpaired) electrons. The summed E-state index contributed by atoms with van der Waals surface area (Å²) in [6.07, 6.45) is 3.28. The molecule has 7 heteroatoms. The predicted octanol–water partition coefficient (Wildman–Crippen LogP) is 0.911. The Morgan fingerprint density at radius 1 is 1.32 bits per heavy atom. The molecule has 0 unspecified atom stereocenters. The van der Waals surface area contributed by atoms with Crippen molar-refractivity contribution in [2.45, 2.75) is 6.54 Å². The second kappa shape index (κ2) is 4.20. The molecular formula is C12H11N5O2. The van der Waals surface area contributed by atoms with Gasteiger partial charge in [0.2, 0.25) is 0 Å².